The number of ether oxygens (including phenoxy) is 7. The number of esters is 1. The number of methoxy groups -OCH3 is 1. The van der Waals surface area contributed by atoms with E-state index in [4.69, 9.17) is 38.9 Å². The van der Waals surface area contributed by atoms with Gasteiger partial charge in [-0.1, -0.05) is 19.1 Å². The number of benzene rings is 2. The normalized spacial score (nSPS) is 35.8. The monoisotopic (exact) mass is 824 g/mol. The van der Waals surface area contributed by atoms with Gasteiger partial charge in [-0.15, -0.1) is 0 Å². The van der Waals surface area contributed by atoms with Crippen molar-refractivity contribution in [2.24, 2.45) is 5.73 Å². The van der Waals surface area contributed by atoms with E-state index in [1.807, 2.05) is 19.0 Å². The molecule has 17 heteroatoms. The lowest BCUT2D eigenvalue weighted by Crippen LogP contribution is -2.58. The Kier molecular flexibility index (Phi) is 11.8. The SMILES string of the molecule is CCC1(O)CC(O[C@H]2C[C@H](N(C)C)[C@H](O[C@H]3C[C@H](O)[C@H](O[C@@H]4O[C@@H](C)C(=O)C=C4N)[C@H](C)O3)[C@H](C)O2)c2c(cc3c(c2O)C(=O)c2c(O)cccc2C3=O)C1C(=O)OC. The van der Waals surface area contributed by atoms with E-state index in [0.717, 1.165) is 0 Å². The molecule has 0 spiro atoms. The van der Waals surface area contributed by atoms with Gasteiger partial charge in [0.1, 0.15) is 35.7 Å². The molecule has 13 atom stereocenters. The summed E-state index contributed by atoms with van der Waals surface area (Å²) in [6.45, 7) is 6.78. The van der Waals surface area contributed by atoms with Crippen molar-refractivity contribution in [2.45, 2.75) is 133 Å². The largest absolute Gasteiger partial charge is 0.507 e. The van der Waals surface area contributed by atoms with E-state index in [0.29, 0.717) is 0 Å². The number of nitrogens with zero attached hydrogens (tertiary/aromatic N) is 1. The summed E-state index contributed by atoms with van der Waals surface area (Å²) in [5.41, 5.74) is 3.52. The summed E-state index contributed by atoms with van der Waals surface area (Å²) in [6.07, 6.45) is -7.25. The number of aliphatic hydroxyl groups excluding tert-OH is 1. The quantitative estimate of drug-likeness (QED) is 0.194. The Bertz CT molecular complexity index is 2040. The van der Waals surface area contributed by atoms with E-state index in [2.05, 4.69) is 0 Å². The molecule has 7 rings (SSSR count). The average molecular weight is 825 g/mol. The molecule has 0 saturated carbocycles. The summed E-state index contributed by atoms with van der Waals surface area (Å²) >= 11 is 0. The van der Waals surface area contributed by atoms with Crippen molar-refractivity contribution < 1.29 is 72.8 Å². The molecule has 2 aromatic rings. The summed E-state index contributed by atoms with van der Waals surface area (Å²) in [4.78, 5) is 55.1. The van der Waals surface area contributed by atoms with Gasteiger partial charge in [0, 0.05) is 48.1 Å². The molecule has 3 aliphatic heterocycles. The number of likely N-dealkylation sites (N-methyl/N-ethyl adjacent to an activating group) is 1. The summed E-state index contributed by atoms with van der Waals surface area (Å²) in [5.74, 6) is -4.94. The number of aromatic hydroxyl groups is 2. The fourth-order valence-electron chi connectivity index (χ4n) is 9.10. The Morgan fingerprint density at radius 3 is 2.25 bits per heavy atom. The van der Waals surface area contributed by atoms with Crippen LogP contribution in [0.3, 0.4) is 0 Å². The van der Waals surface area contributed by atoms with E-state index in [1.165, 1.54) is 37.5 Å². The summed E-state index contributed by atoms with van der Waals surface area (Å²) in [5, 5.41) is 45.9. The highest BCUT2D eigenvalue weighted by atomic mass is 16.7. The topological polar surface area (TPSA) is 243 Å². The van der Waals surface area contributed by atoms with Crippen LogP contribution in [0.4, 0.5) is 0 Å². The van der Waals surface area contributed by atoms with Gasteiger partial charge in [-0.3, -0.25) is 19.2 Å². The van der Waals surface area contributed by atoms with Crippen molar-refractivity contribution in [1.29, 1.82) is 0 Å². The molecule has 2 aromatic carbocycles. The maximum Gasteiger partial charge on any atom is 0.316 e. The molecule has 2 aliphatic carbocycles. The Hall–Kier alpha value is -4.30. The number of hydrogen-bond acceptors (Lipinski definition) is 17. The smallest absolute Gasteiger partial charge is 0.316 e. The molecule has 2 fully saturated rings. The van der Waals surface area contributed by atoms with Crippen LogP contribution in [0.1, 0.15) is 108 Å². The van der Waals surface area contributed by atoms with Crippen molar-refractivity contribution in [3.8, 4) is 11.5 Å². The second kappa shape index (κ2) is 16.3. The molecule has 17 nitrogen and oxygen atoms in total. The third-order valence-electron chi connectivity index (χ3n) is 12.3. The lowest BCUT2D eigenvalue weighted by atomic mass is 9.67. The zero-order valence-electron chi connectivity index (χ0n) is 33.9. The number of aliphatic hydroxyl groups is 2. The van der Waals surface area contributed by atoms with Crippen molar-refractivity contribution in [3.05, 3.63) is 69.4 Å². The van der Waals surface area contributed by atoms with Crippen LogP contribution in [-0.4, -0.2) is 137 Å². The van der Waals surface area contributed by atoms with Crippen molar-refractivity contribution in [3.63, 3.8) is 0 Å². The molecule has 0 radical (unpaired) electrons. The van der Waals surface area contributed by atoms with Gasteiger partial charge >= 0.3 is 5.97 Å². The Labute approximate surface area is 340 Å². The molecule has 6 N–H and O–H groups in total. The molecule has 3 heterocycles. The number of carbonyl (C=O) groups is 4. The molecule has 0 aromatic heterocycles. The average Bonchev–Trinajstić information content (AvgIpc) is 3.17. The van der Waals surface area contributed by atoms with Gasteiger partial charge in [0.2, 0.25) is 5.78 Å². The van der Waals surface area contributed by atoms with Crippen LogP contribution in [0.5, 0.6) is 11.5 Å². The highest BCUT2D eigenvalue weighted by Crippen LogP contribution is 2.54. The van der Waals surface area contributed by atoms with Gasteiger partial charge < -0.3 is 64.2 Å². The highest BCUT2D eigenvalue weighted by Gasteiger charge is 2.53. The van der Waals surface area contributed by atoms with Crippen molar-refractivity contribution in [2.75, 3.05) is 21.2 Å². The molecule has 2 saturated heterocycles. The van der Waals surface area contributed by atoms with Crippen LogP contribution in [0.25, 0.3) is 0 Å². The highest BCUT2D eigenvalue weighted by molar-refractivity contribution is 6.30. The Morgan fingerprint density at radius 1 is 0.932 bits per heavy atom. The summed E-state index contributed by atoms with van der Waals surface area (Å²) in [6, 6.07) is 5.05. The predicted molar refractivity (Wildman–Crippen MR) is 204 cm³/mol. The maximum absolute atomic E-state index is 13.9. The number of ketones is 3. The zero-order chi connectivity index (χ0) is 42.8. The maximum atomic E-state index is 13.9. The standard InChI is InChI=1S/C42H52N2O15/c1-8-42(52)16-28(32-21(34(42)40(51)53-7)12-22-33(37(32)50)36(49)31-20(35(22)48)10-9-11-25(31)45)57-29-14-24(44(5)6)38(18(3)54-29)58-30-15-27(47)39(19(4)55-30)59-41-23(43)13-26(46)17(2)56-41/h9-13,17-19,24,27-30,34,38-39,41,45,47,50,52H,8,14-16,43H2,1-7H3/t17-,18-,19-,24-,27-,28?,29-,30-,34?,38+,39+,41-,42?/m0/s1. The van der Waals surface area contributed by atoms with Crippen LogP contribution in [0, 0.1) is 0 Å². The van der Waals surface area contributed by atoms with Gasteiger partial charge in [-0.2, -0.15) is 0 Å². The van der Waals surface area contributed by atoms with Gasteiger partial charge in [0.05, 0.1) is 54.0 Å². The molecular weight excluding hydrogens is 772 g/mol. The molecule has 0 bridgehead atoms. The zero-order valence-corrected chi connectivity index (χ0v) is 33.9. The lowest BCUT2D eigenvalue weighted by Gasteiger charge is -2.48. The number of hydrogen-bond donors (Lipinski definition) is 5. The number of rotatable bonds is 9. The number of fused-ring (bicyclic) bond motifs is 3. The number of phenols is 2. The molecule has 320 valence electrons. The van der Waals surface area contributed by atoms with Gasteiger partial charge in [-0.05, 0) is 59.0 Å². The first-order valence-electron chi connectivity index (χ1n) is 19.8. The first-order valence-corrected chi connectivity index (χ1v) is 19.8. The third kappa shape index (κ3) is 7.57. The van der Waals surface area contributed by atoms with E-state index in [1.54, 1.807) is 27.7 Å². The molecule has 0 amide bonds. The fraction of sp³-hybridized carbons (Fsp3) is 0.571. The third-order valence-corrected chi connectivity index (χ3v) is 12.3. The first kappa shape index (κ1) is 42.8. The number of phenolic OH excluding ortho intramolecular Hbond substituents is 2. The van der Waals surface area contributed by atoms with Crippen LogP contribution >= 0.6 is 0 Å². The summed E-state index contributed by atoms with van der Waals surface area (Å²) < 4.78 is 42.4. The van der Waals surface area contributed by atoms with E-state index < -0.39 is 102 Å². The lowest BCUT2D eigenvalue weighted by molar-refractivity contribution is -0.321. The minimum absolute atomic E-state index is 0.0145. The van der Waals surface area contributed by atoms with E-state index >= 15 is 0 Å². The minimum atomic E-state index is -1.77. The van der Waals surface area contributed by atoms with Crippen LogP contribution in [0.15, 0.2) is 36.0 Å². The molecule has 59 heavy (non-hydrogen) atoms. The van der Waals surface area contributed by atoms with Crippen LogP contribution < -0.4 is 5.73 Å². The minimum Gasteiger partial charge on any atom is -0.507 e. The second-order valence-corrected chi connectivity index (χ2v) is 16.2. The molecule has 5 aliphatic rings. The predicted octanol–water partition coefficient (Wildman–Crippen LogP) is 2.22. The molecular formula is C42H52N2O15. The molecule has 3 unspecified atom stereocenters. The van der Waals surface area contributed by atoms with Gasteiger partial charge in [-0.25, -0.2) is 0 Å². The number of carbonyl (C=O) groups excluding carboxylic acids is 4. The van der Waals surface area contributed by atoms with Gasteiger partial charge in [0.25, 0.3) is 0 Å². The van der Waals surface area contributed by atoms with Crippen molar-refractivity contribution in [1.82, 2.24) is 4.90 Å². The van der Waals surface area contributed by atoms with E-state index in [-0.39, 0.29) is 76.6 Å². The van der Waals surface area contributed by atoms with Crippen LogP contribution in [0.2, 0.25) is 0 Å². The van der Waals surface area contributed by atoms with Crippen molar-refractivity contribution >= 4 is 23.3 Å². The first-order chi connectivity index (χ1) is 27.9. The Balaban J connectivity index is 1.14. The van der Waals surface area contributed by atoms with E-state index in [9.17, 15) is 39.6 Å². The summed E-state index contributed by atoms with van der Waals surface area (Å²) in [7, 11) is 4.88. The number of nitrogens with two attached hydrogens (primary N) is 1. The Morgan fingerprint density at radius 2 is 1.61 bits per heavy atom. The van der Waals surface area contributed by atoms with Gasteiger partial charge in [0.15, 0.2) is 30.4 Å². The van der Waals surface area contributed by atoms with Crippen LogP contribution in [-0.2, 0) is 42.7 Å². The fourth-order valence-corrected chi connectivity index (χ4v) is 9.10. The second-order valence-electron chi connectivity index (χ2n) is 16.2.